The molecule has 0 aliphatic carbocycles. The molecule has 2 aromatic carbocycles. The highest BCUT2D eigenvalue weighted by molar-refractivity contribution is 5.90. The molecule has 1 aliphatic heterocycles. The summed E-state index contributed by atoms with van der Waals surface area (Å²) in [5, 5.41) is 6.11. The molecular formula is C32H43FN4O5. The summed E-state index contributed by atoms with van der Waals surface area (Å²) in [4.78, 5) is 19.0. The summed E-state index contributed by atoms with van der Waals surface area (Å²) < 4.78 is 38.5. The lowest BCUT2D eigenvalue weighted by molar-refractivity contribution is -0.0686. The van der Waals surface area contributed by atoms with Crippen LogP contribution in [-0.2, 0) is 4.74 Å². The summed E-state index contributed by atoms with van der Waals surface area (Å²) in [5.74, 6) is 0.952. The number of methoxy groups -OCH3 is 1. The number of amides is 2. The number of rotatable bonds is 11. The van der Waals surface area contributed by atoms with E-state index in [1.807, 2.05) is 6.07 Å². The largest absolute Gasteiger partial charge is 0.493 e. The van der Waals surface area contributed by atoms with Crippen molar-refractivity contribution in [3.63, 3.8) is 0 Å². The van der Waals surface area contributed by atoms with Crippen LogP contribution < -0.4 is 24.8 Å². The molecule has 1 fully saturated rings. The highest BCUT2D eigenvalue weighted by Gasteiger charge is 2.22. The first-order valence-electron chi connectivity index (χ1n) is 14.5. The smallest absolute Gasteiger partial charge is 0.319 e. The van der Waals surface area contributed by atoms with Crippen LogP contribution in [0.4, 0.5) is 14.9 Å². The van der Waals surface area contributed by atoms with Gasteiger partial charge in [0.25, 0.3) is 0 Å². The van der Waals surface area contributed by atoms with E-state index in [0.717, 1.165) is 32.5 Å². The van der Waals surface area contributed by atoms with Gasteiger partial charge in [-0.25, -0.2) is 9.18 Å². The molecule has 2 N–H and O–H groups in total. The van der Waals surface area contributed by atoms with Gasteiger partial charge in [-0.2, -0.15) is 0 Å². The SMILES string of the molecule is COc1cc2nccc(Oc3ccc(NC(=O)NCCC(C)(C)C)cc3F)c2cc1OCCCN1CC(C)OC(C)C1. The molecule has 42 heavy (non-hydrogen) atoms. The second-order valence-corrected chi connectivity index (χ2v) is 12.0. The van der Waals surface area contributed by atoms with Crippen LogP contribution >= 0.6 is 0 Å². The number of nitrogens with one attached hydrogen (secondary N) is 2. The van der Waals surface area contributed by atoms with E-state index < -0.39 is 5.82 Å². The van der Waals surface area contributed by atoms with Crippen molar-refractivity contribution in [1.82, 2.24) is 15.2 Å². The van der Waals surface area contributed by atoms with Crippen molar-refractivity contribution in [2.75, 3.05) is 45.2 Å². The molecule has 10 heteroatoms. The zero-order valence-electron chi connectivity index (χ0n) is 25.5. The fourth-order valence-corrected chi connectivity index (χ4v) is 4.93. The molecule has 3 aromatic rings. The molecule has 4 rings (SSSR count). The Morgan fingerprint density at radius 3 is 2.52 bits per heavy atom. The van der Waals surface area contributed by atoms with Crippen molar-refractivity contribution in [3.05, 3.63) is 48.4 Å². The Balaban J connectivity index is 1.41. The lowest BCUT2D eigenvalue weighted by atomic mass is 9.92. The van der Waals surface area contributed by atoms with Crippen molar-refractivity contribution in [2.45, 2.75) is 59.7 Å². The number of pyridine rings is 1. The Bertz CT molecular complexity index is 1350. The standard InChI is InChI=1S/C32H43FN4O5/c1-21-19-37(20-22(2)41-21)14-7-15-40-30-17-24-26(18-29(30)39-6)34-12-10-27(24)42-28-9-8-23(16-25(28)33)36-31(38)35-13-11-32(3,4)5/h8-10,12,16-18,21-22H,7,11,13-15,19-20H2,1-6H3,(H2,35,36,38). The third kappa shape index (κ3) is 8.93. The summed E-state index contributed by atoms with van der Waals surface area (Å²) in [6, 6.07) is 9.20. The zero-order valence-corrected chi connectivity index (χ0v) is 25.5. The highest BCUT2D eigenvalue weighted by Crippen LogP contribution is 2.38. The summed E-state index contributed by atoms with van der Waals surface area (Å²) in [6.45, 7) is 14.3. The first kappa shape index (κ1) is 31.3. The number of ether oxygens (including phenoxy) is 4. The van der Waals surface area contributed by atoms with Crippen LogP contribution in [0.3, 0.4) is 0 Å². The number of halogens is 1. The van der Waals surface area contributed by atoms with E-state index in [9.17, 15) is 4.79 Å². The monoisotopic (exact) mass is 582 g/mol. The molecule has 2 heterocycles. The number of anilines is 1. The Kier molecular flexibility index (Phi) is 10.5. The van der Waals surface area contributed by atoms with E-state index in [1.165, 1.54) is 12.1 Å². The maximum atomic E-state index is 15.0. The Morgan fingerprint density at radius 2 is 1.83 bits per heavy atom. The summed E-state index contributed by atoms with van der Waals surface area (Å²) in [7, 11) is 1.58. The number of fused-ring (bicyclic) bond motifs is 1. The number of carbonyl (C=O) groups excluding carboxylic acids is 1. The molecule has 0 saturated carbocycles. The summed E-state index contributed by atoms with van der Waals surface area (Å²) in [6.07, 6.45) is 3.71. The summed E-state index contributed by atoms with van der Waals surface area (Å²) >= 11 is 0. The predicted octanol–water partition coefficient (Wildman–Crippen LogP) is 6.61. The maximum Gasteiger partial charge on any atom is 0.319 e. The van der Waals surface area contributed by atoms with Crippen LogP contribution in [0.5, 0.6) is 23.0 Å². The Hall–Kier alpha value is -3.63. The normalized spacial score (nSPS) is 17.6. The van der Waals surface area contributed by atoms with E-state index in [4.69, 9.17) is 18.9 Å². The zero-order chi connectivity index (χ0) is 30.3. The fraction of sp³-hybridized carbons (Fsp3) is 0.500. The number of urea groups is 1. The fourth-order valence-electron chi connectivity index (χ4n) is 4.93. The molecule has 0 radical (unpaired) electrons. The number of aromatic nitrogens is 1. The molecule has 0 spiro atoms. The maximum absolute atomic E-state index is 15.0. The minimum absolute atomic E-state index is 0.0217. The number of carbonyl (C=O) groups is 1. The van der Waals surface area contributed by atoms with Gasteiger partial charge in [-0.05, 0) is 56.4 Å². The Labute approximate surface area is 247 Å². The molecule has 2 atom stereocenters. The Morgan fingerprint density at radius 1 is 1.07 bits per heavy atom. The molecule has 9 nitrogen and oxygen atoms in total. The quantitative estimate of drug-likeness (QED) is 0.246. The second-order valence-electron chi connectivity index (χ2n) is 12.0. The number of hydrogen-bond acceptors (Lipinski definition) is 7. The number of benzene rings is 2. The van der Waals surface area contributed by atoms with Crippen LogP contribution in [0.2, 0.25) is 0 Å². The molecular weight excluding hydrogens is 539 g/mol. The van der Waals surface area contributed by atoms with Gasteiger partial charge in [0.15, 0.2) is 23.1 Å². The van der Waals surface area contributed by atoms with Gasteiger partial charge in [-0.3, -0.25) is 9.88 Å². The molecule has 1 saturated heterocycles. The van der Waals surface area contributed by atoms with Gasteiger partial charge in [0.05, 0.1) is 31.4 Å². The van der Waals surface area contributed by atoms with Gasteiger partial charge in [0.2, 0.25) is 0 Å². The van der Waals surface area contributed by atoms with Crippen molar-refractivity contribution >= 4 is 22.6 Å². The van der Waals surface area contributed by atoms with Crippen LogP contribution in [0.15, 0.2) is 42.6 Å². The molecule has 2 unspecified atom stereocenters. The average molecular weight is 583 g/mol. The van der Waals surface area contributed by atoms with Gasteiger partial charge in [-0.1, -0.05) is 20.8 Å². The minimum Gasteiger partial charge on any atom is -0.493 e. The second kappa shape index (κ2) is 14.0. The highest BCUT2D eigenvalue weighted by atomic mass is 19.1. The lowest BCUT2D eigenvalue weighted by Gasteiger charge is -2.35. The van der Waals surface area contributed by atoms with E-state index in [2.05, 4.69) is 55.1 Å². The van der Waals surface area contributed by atoms with Crippen molar-refractivity contribution in [2.24, 2.45) is 5.41 Å². The van der Waals surface area contributed by atoms with E-state index in [0.29, 0.717) is 47.0 Å². The number of nitrogens with zero attached hydrogens (tertiary/aromatic N) is 2. The van der Waals surface area contributed by atoms with Gasteiger partial charge in [0.1, 0.15) is 5.75 Å². The van der Waals surface area contributed by atoms with Gasteiger partial charge >= 0.3 is 6.03 Å². The van der Waals surface area contributed by atoms with Crippen molar-refractivity contribution < 1.29 is 28.1 Å². The first-order chi connectivity index (χ1) is 20.0. The molecule has 1 aromatic heterocycles. The van der Waals surface area contributed by atoms with Crippen molar-refractivity contribution in [1.29, 1.82) is 0 Å². The first-order valence-corrected chi connectivity index (χ1v) is 14.5. The van der Waals surface area contributed by atoms with Crippen LogP contribution in [0.1, 0.15) is 47.5 Å². The lowest BCUT2D eigenvalue weighted by Crippen LogP contribution is -2.45. The van der Waals surface area contributed by atoms with Crippen LogP contribution in [0, 0.1) is 11.2 Å². The third-order valence-electron chi connectivity index (χ3n) is 6.93. The molecule has 0 bridgehead atoms. The predicted molar refractivity (Wildman–Crippen MR) is 162 cm³/mol. The third-order valence-corrected chi connectivity index (χ3v) is 6.93. The van der Waals surface area contributed by atoms with Gasteiger partial charge in [0, 0.05) is 55.6 Å². The van der Waals surface area contributed by atoms with Crippen LogP contribution in [0.25, 0.3) is 10.9 Å². The molecule has 1 aliphatic rings. The average Bonchev–Trinajstić information content (AvgIpc) is 2.91. The minimum atomic E-state index is -0.607. The van der Waals surface area contributed by atoms with Crippen molar-refractivity contribution in [3.8, 4) is 23.0 Å². The van der Waals surface area contributed by atoms with E-state index in [1.54, 1.807) is 31.5 Å². The molecule has 228 valence electrons. The number of morpholine rings is 1. The summed E-state index contributed by atoms with van der Waals surface area (Å²) in [5.41, 5.74) is 1.06. The molecule has 2 amide bonds. The van der Waals surface area contributed by atoms with E-state index >= 15 is 4.39 Å². The van der Waals surface area contributed by atoms with E-state index in [-0.39, 0.29) is 29.4 Å². The van der Waals surface area contributed by atoms with Gasteiger partial charge in [-0.15, -0.1) is 0 Å². The number of hydrogen-bond donors (Lipinski definition) is 2. The van der Waals surface area contributed by atoms with Gasteiger partial charge < -0.3 is 29.6 Å². The van der Waals surface area contributed by atoms with Crippen LogP contribution in [-0.4, -0.2) is 68.0 Å². The topological polar surface area (TPSA) is 94.2 Å².